The molecule has 0 bridgehead atoms. The van der Waals surface area contributed by atoms with Gasteiger partial charge in [0.05, 0.1) is 7.11 Å². The van der Waals surface area contributed by atoms with E-state index in [-0.39, 0.29) is 5.75 Å². The van der Waals surface area contributed by atoms with Crippen LogP contribution in [0.15, 0.2) is 12.1 Å². The van der Waals surface area contributed by atoms with Gasteiger partial charge in [0.15, 0.2) is 17.8 Å². The van der Waals surface area contributed by atoms with E-state index in [9.17, 15) is 9.90 Å². The number of rotatable bonds is 3. The second-order valence-electron chi connectivity index (χ2n) is 4.59. The molecule has 92 valence electrons. The zero-order valence-corrected chi connectivity index (χ0v) is 9.90. The van der Waals surface area contributed by atoms with Crippen LogP contribution in [-0.4, -0.2) is 18.5 Å². The van der Waals surface area contributed by atoms with Gasteiger partial charge >= 0.3 is 0 Å². The third-order valence-corrected chi connectivity index (χ3v) is 3.51. The fraction of sp³-hybridized carbons (Fsp3) is 0.462. The number of phenols is 1. The Hall–Kier alpha value is -1.55. The Labute approximate surface area is 100 Å². The minimum Gasteiger partial charge on any atom is -0.504 e. The van der Waals surface area contributed by atoms with Crippen molar-refractivity contribution in [3.05, 3.63) is 23.3 Å². The Morgan fingerprint density at radius 1 is 1.41 bits per heavy atom. The number of carbonyl (C=O) groups excluding carboxylic acids is 1. The van der Waals surface area contributed by atoms with E-state index in [4.69, 9.17) is 10.5 Å². The van der Waals surface area contributed by atoms with Crippen molar-refractivity contribution in [2.75, 3.05) is 7.11 Å². The van der Waals surface area contributed by atoms with E-state index >= 15 is 0 Å². The highest BCUT2D eigenvalue weighted by Gasteiger charge is 2.34. The molecule has 0 spiro atoms. The highest BCUT2D eigenvalue weighted by Crippen LogP contribution is 2.41. The van der Waals surface area contributed by atoms with Crippen molar-refractivity contribution in [3.63, 3.8) is 0 Å². The molecule has 0 unspecified atom stereocenters. The fourth-order valence-electron chi connectivity index (χ4n) is 2.55. The van der Waals surface area contributed by atoms with Gasteiger partial charge in [-0.25, -0.2) is 0 Å². The number of carbonyl (C=O) groups is 1. The quantitative estimate of drug-likeness (QED) is 0.785. The maximum absolute atomic E-state index is 11.1. The molecule has 0 amide bonds. The molecule has 0 aromatic heterocycles. The number of ether oxygens (including phenoxy) is 1. The summed E-state index contributed by atoms with van der Waals surface area (Å²) in [6.07, 6.45) is 4.60. The van der Waals surface area contributed by atoms with Crippen LogP contribution < -0.4 is 10.5 Å². The Kier molecular flexibility index (Phi) is 3.07. The van der Waals surface area contributed by atoms with Crippen LogP contribution in [0.2, 0.25) is 0 Å². The van der Waals surface area contributed by atoms with Gasteiger partial charge in [-0.05, 0) is 30.5 Å². The van der Waals surface area contributed by atoms with Crippen molar-refractivity contribution in [3.8, 4) is 11.5 Å². The van der Waals surface area contributed by atoms with Crippen LogP contribution in [0.1, 0.15) is 41.6 Å². The first-order valence-electron chi connectivity index (χ1n) is 5.76. The largest absolute Gasteiger partial charge is 0.504 e. The minimum atomic E-state index is -0.461. The molecule has 0 aliphatic heterocycles. The third-order valence-electron chi connectivity index (χ3n) is 3.51. The van der Waals surface area contributed by atoms with Gasteiger partial charge in [-0.2, -0.15) is 0 Å². The summed E-state index contributed by atoms with van der Waals surface area (Å²) in [5.41, 5.74) is 7.10. The predicted molar refractivity (Wildman–Crippen MR) is 64.4 cm³/mol. The molecule has 0 heterocycles. The van der Waals surface area contributed by atoms with Crippen molar-refractivity contribution in [1.82, 2.24) is 0 Å². The lowest BCUT2D eigenvalue weighted by Crippen LogP contribution is -2.34. The fourth-order valence-corrected chi connectivity index (χ4v) is 2.55. The van der Waals surface area contributed by atoms with Gasteiger partial charge in [0, 0.05) is 11.1 Å². The van der Waals surface area contributed by atoms with Crippen LogP contribution in [0, 0.1) is 0 Å². The van der Waals surface area contributed by atoms with E-state index in [1.165, 1.54) is 13.2 Å². The summed E-state index contributed by atoms with van der Waals surface area (Å²) in [7, 11) is 1.48. The molecule has 4 heteroatoms. The average Bonchev–Trinajstić information content (AvgIpc) is 2.76. The Morgan fingerprint density at radius 3 is 2.59 bits per heavy atom. The molecular weight excluding hydrogens is 218 g/mol. The predicted octanol–water partition coefficient (Wildman–Crippen LogP) is 1.94. The van der Waals surface area contributed by atoms with E-state index in [0.717, 1.165) is 37.5 Å². The van der Waals surface area contributed by atoms with Crippen LogP contribution in [-0.2, 0) is 5.54 Å². The van der Waals surface area contributed by atoms with Gasteiger partial charge in [0.1, 0.15) is 0 Å². The van der Waals surface area contributed by atoms with Gasteiger partial charge in [-0.1, -0.05) is 12.8 Å². The topological polar surface area (TPSA) is 72.5 Å². The summed E-state index contributed by atoms with van der Waals surface area (Å²) in [6, 6.07) is 3.11. The summed E-state index contributed by atoms with van der Waals surface area (Å²) < 4.78 is 5.07. The molecular formula is C13H17NO3. The Balaban J connectivity index is 2.54. The third kappa shape index (κ3) is 2.00. The van der Waals surface area contributed by atoms with Crippen LogP contribution in [0.4, 0.5) is 0 Å². The SMILES string of the molecule is COc1cc(C2(N)CCCC2)c(C=O)cc1O. The van der Waals surface area contributed by atoms with Gasteiger partial charge < -0.3 is 15.6 Å². The van der Waals surface area contributed by atoms with E-state index in [1.807, 2.05) is 0 Å². The maximum atomic E-state index is 11.1. The summed E-state index contributed by atoms with van der Waals surface area (Å²) in [4.78, 5) is 11.1. The van der Waals surface area contributed by atoms with Crippen LogP contribution in [0.25, 0.3) is 0 Å². The minimum absolute atomic E-state index is 0.0278. The molecule has 17 heavy (non-hydrogen) atoms. The second-order valence-corrected chi connectivity index (χ2v) is 4.59. The molecule has 0 atom stereocenters. The van der Waals surface area contributed by atoms with E-state index < -0.39 is 5.54 Å². The number of hydrogen-bond acceptors (Lipinski definition) is 4. The number of benzene rings is 1. The molecule has 4 nitrogen and oxygen atoms in total. The molecule has 0 radical (unpaired) electrons. The van der Waals surface area contributed by atoms with Crippen LogP contribution >= 0.6 is 0 Å². The van der Waals surface area contributed by atoms with Crippen molar-refractivity contribution < 1.29 is 14.6 Å². The Bertz CT molecular complexity index is 437. The number of aldehydes is 1. The molecule has 1 aliphatic carbocycles. The molecule has 0 saturated heterocycles. The Morgan fingerprint density at radius 2 is 2.06 bits per heavy atom. The summed E-state index contributed by atoms with van der Waals surface area (Å²) >= 11 is 0. The van der Waals surface area contributed by atoms with Crippen LogP contribution in [0.3, 0.4) is 0 Å². The summed E-state index contributed by atoms with van der Waals surface area (Å²) in [5.74, 6) is 0.335. The van der Waals surface area contributed by atoms with Crippen molar-refractivity contribution in [2.24, 2.45) is 5.73 Å². The lowest BCUT2D eigenvalue weighted by Gasteiger charge is -2.26. The number of phenolic OH excluding ortho intramolecular Hbond substituents is 1. The van der Waals surface area contributed by atoms with E-state index in [1.54, 1.807) is 6.07 Å². The van der Waals surface area contributed by atoms with Gasteiger partial charge in [0.2, 0.25) is 0 Å². The molecule has 1 saturated carbocycles. The molecule has 2 rings (SSSR count). The van der Waals surface area contributed by atoms with E-state index in [2.05, 4.69) is 0 Å². The van der Waals surface area contributed by atoms with Crippen molar-refractivity contribution in [1.29, 1.82) is 0 Å². The van der Waals surface area contributed by atoms with Gasteiger partial charge in [0.25, 0.3) is 0 Å². The van der Waals surface area contributed by atoms with Crippen molar-refractivity contribution >= 4 is 6.29 Å². The summed E-state index contributed by atoms with van der Waals surface area (Å²) in [6.45, 7) is 0. The normalized spacial score (nSPS) is 18.0. The number of aromatic hydroxyl groups is 1. The molecule has 1 fully saturated rings. The molecule has 3 N–H and O–H groups in total. The highest BCUT2D eigenvalue weighted by molar-refractivity contribution is 5.80. The number of hydrogen-bond donors (Lipinski definition) is 2. The first kappa shape index (κ1) is 11.9. The zero-order chi connectivity index (χ0) is 12.5. The monoisotopic (exact) mass is 235 g/mol. The highest BCUT2D eigenvalue weighted by atomic mass is 16.5. The lowest BCUT2D eigenvalue weighted by atomic mass is 9.86. The molecule has 1 aromatic carbocycles. The first-order valence-corrected chi connectivity index (χ1v) is 5.76. The maximum Gasteiger partial charge on any atom is 0.160 e. The first-order chi connectivity index (χ1) is 8.10. The van der Waals surface area contributed by atoms with Gasteiger partial charge in [-0.3, -0.25) is 4.79 Å². The number of nitrogens with two attached hydrogens (primary N) is 1. The van der Waals surface area contributed by atoms with Gasteiger partial charge in [-0.15, -0.1) is 0 Å². The smallest absolute Gasteiger partial charge is 0.160 e. The standard InChI is InChI=1S/C13H17NO3/c1-17-12-7-10(9(8-15)6-11(12)16)13(14)4-2-3-5-13/h6-8,16H,2-5,14H2,1H3. The average molecular weight is 235 g/mol. The zero-order valence-electron chi connectivity index (χ0n) is 9.90. The van der Waals surface area contributed by atoms with E-state index in [0.29, 0.717) is 11.3 Å². The second kappa shape index (κ2) is 4.37. The lowest BCUT2D eigenvalue weighted by molar-refractivity contribution is 0.112. The van der Waals surface area contributed by atoms with Crippen molar-refractivity contribution in [2.45, 2.75) is 31.2 Å². The number of methoxy groups -OCH3 is 1. The molecule has 1 aliphatic rings. The van der Waals surface area contributed by atoms with Crippen LogP contribution in [0.5, 0.6) is 11.5 Å². The summed E-state index contributed by atoms with van der Waals surface area (Å²) in [5, 5.41) is 9.65. The molecule has 1 aromatic rings.